The van der Waals surface area contributed by atoms with Crippen molar-refractivity contribution >= 4 is 47.0 Å². The lowest BCUT2D eigenvalue weighted by molar-refractivity contribution is -0.142. The van der Waals surface area contributed by atoms with Crippen molar-refractivity contribution in [1.82, 2.24) is 25.8 Å². The van der Waals surface area contributed by atoms with Crippen molar-refractivity contribution in [2.24, 2.45) is 11.1 Å². The van der Waals surface area contributed by atoms with Crippen LogP contribution in [0.5, 0.6) is 0 Å². The maximum absolute atomic E-state index is 14.3. The quantitative estimate of drug-likeness (QED) is 0.212. The van der Waals surface area contributed by atoms with E-state index in [1.54, 1.807) is 23.1 Å². The van der Waals surface area contributed by atoms with Gasteiger partial charge < -0.3 is 31.5 Å². The van der Waals surface area contributed by atoms with Gasteiger partial charge in [0.2, 0.25) is 17.7 Å². The average molecular weight is 702 g/mol. The predicted octanol–water partition coefficient (Wildman–Crippen LogP) is 4.70. The lowest BCUT2D eigenvalue weighted by Crippen LogP contribution is -2.60. The van der Waals surface area contributed by atoms with Crippen LogP contribution in [0.4, 0.5) is 4.79 Å². The van der Waals surface area contributed by atoms with E-state index in [4.69, 9.17) is 28.9 Å². The number of nitrogens with one attached hydrogen (secondary N) is 3. The highest BCUT2D eigenvalue weighted by Crippen LogP contribution is 2.35. The van der Waals surface area contributed by atoms with Crippen LogP contribution in [0.2, 0.25) is 10.0 Å². The molecule has 4 rings (SSSR count). The Morgan fingerprint density at radius 1 is 0.958 bits per heavy atom. The molecule has 0 aliphatic carbocycles. The Kier molecular flexibility index (Phi) is 14.4. The fourth-order valence-electron chi connectivity index (χ4n) is 6.85. The largest absolute Gasteiger partial charge is 0.356 e. The summed E-state index contributed by atoms with van der Waals surface area (Å²) in [4.78, 5) is 57.7. The molecule has 0 spiro atoms. The summed E-state index contributed by atoms with van der Waals surface area (Å²) in [6, 6.07) is 13.4. The van der Waals surface area contributed by atoms with Gasteiger partial charge in [-0.05, 0) is 81.7 Å². The Morgan fingerprint density at radius 3 is 2.46 bits per heavy atom. The van der Waals surface area contributed by atoms with Crippen molar-refractivity contribution in [2.45, 2.75) is 83.2 Å². The third kappa shape index (κ3) is 10.6. The highest BCUT2D eigenvalue weighted by atomic mass is 35.5. The van der Waals surface area contributed by atoms with Crippen LogP contribution in [0.25, 0.3) is 0 Å². The molecule has 10 nitrogen and oxygen atoms in total. The first-order valence-corrected chi connectivity index (χ1v) is 18.0. The van der Waals surface area contributed by atoms with Crippen molar-refractivity contribution in [1.29, 1.82) is 0 Å². The SMILES string of the molecule is CCNC(=O)[C@]1(Cc2ccccc2)CCCN(C(=O)[C@@H](Cc2ccc(Cl)c(Cl)c2)NC(=O)N[C@@H]2CCCN(C(=O)CCCCCN)C2)C1. The molecule has 48 heavy (non-hydrogen) atoms. The van der Waals surface area contributed by atoms with Crippen molar-refractivity contribution in [3.05, 3.63) is 69.7 Å². The first-order valence-electron chi connectivity index (χ1n) is 17.2. The second kappa shape index (κ2) is 18.4. The zero-order chi connectivity index (χ0) is 34.5. The molecule has 5 N–H and O–H groups in total. The lowest BCUT2D eigenvalue weighted by atomic mass is 9.74. The van der Waals surface area contributed by atoms with E-state index in [1.807, 2.05) is 42.2 Å². The number of nitrogens with two attached hydrogens (primary N) is 1. The molecule has 2 fully saturated rings. The van der Waals surface area contributed by atoms with Crippen LogP contribution in [0.15, 0.2) is 48.5 Å². The fourth-order valence-corrected chi connectivity index (χ4v) is 7.17. The molecule has 2 aliphatic heterocycles. The number of benzene rings is 2. The van der Waals surface area contributed by atoms with Crippen molar-refractivity contribution < 1.29 is 19.2 Å². The predicted molar refractivity (Wildman–Crippen MR) is 190 cm³/mol. The first-order chi connectivity index (χ1) is 23.1. The van der Waals surface area contributed by atoms with Crippen molar-refractivity contribution in [3.8, 4) is 0 Å². The number of amides is 5. The first kappa shape index (κ1) is 37.5. The van der Waals surface area contributed by atoms with E-state index in [0.29, 0.717) is 68.5 Å². The standard InChI is InChI=1S/C36H50Cl2N6O4/c1-2-40-34(47)36(23-26-11-5-3-6-12-26)17-10-20-44(25-36)33(46)31(22-27-15-16-29(37)30(38)21-27)42-35(48)41-28-13-9-19-43(24-28)32(45)14-7-4-8-18-39/h3,5-6,11-12,15-16,21,28,31H,2,4,7-10,13-14,17-20,22-25,39H2,1H3,(H,40,47)(H2,41,42,48)/t28-,31-,36+/m1/s1. The molecule has 262 valence electrons. The van der Waals surface area contributed by atoms with Crippen LogP contribution in [-0.4, -0.2) is 84.9 Å². The summed E-state index contributed by atoms with van der Waals surface area (Å²) in [7, 11) is 0. The summed E-state index contributed by atoms with van der Waals surface area (Å²) in [6.07, 6.45) is 6.58. The topological polar surface area (TPSA) is 137 Å². The molecule has 2 heterocycles. The van der Waals surface area contributed by atoms with Gasteiger partial charge in [0, 0.05) is 51.6 Å². The Balaban J connectivity index is 1.49. The van der Waals surface area contributed by atoms with E-state index < -0.39 is 17.5 Å². The number of carbonyl (C=O) groups excluding carboxylic acids is 4. The molecule has 12 heteroatoms. The van der Waals surface area contributed by atoms with Gasteiger partial charge in [0.15, 0.2) is 0 Å². The summed E-state index contributed by atoms with van der Waals surface area (Å²) in [5, 5.41) is 9.71. The van der Waals surface area contributed by atoms with Crippen LogP contribution < -0.4 is 21.7 Å². The molecular formula is C36H50Cl2N6O4. The van der Waals surface area contributed by atoms with E-state index in [1.165, 1.54) is 0 Å². The zero-order valence-electron chi connectivity index (χ0n) is 27.9. The van der Waals surface area contributed by atoms with Gasteiger partial charge in [-0.25, -0.2) is 4.79 Å². The molecule has 0 saturated carbocycles. The summed E-state index contributed by atoms with van der Waals surface area (Å²) in [6.45, 7) is 4.80. The lowest BCUT2D eigenvalue weighted by Gasteiger charge is -2.43. The minimum atomic E-state index is -0.923. The summed E-state index contributed by atoms with van der Waals surface area (Å²) in [5.41, 5.74) is 6.54. The molecular weight excluding hydrogens is 651 g/mol. The van der Waals surface area contributed by atoms with Gasteiger partial charge in [-0.3, -0.25) is 14.4 Å². The third-order valence-electron chi connectivity index (χ3n) is 9.32. The number of hydrogen-bond acceptors (Lipinski definition) is 5. The van der Waals surface area contributed by atoms with Gasteiger partial charge in [-0.1, -0.05) is 66.0 Å². The second-order valence-corrected chi connectivity index (χ2v) is 13.9. The van der Waals surface area contributed by atoms with Crippen molar-refractivity contribution in [2.75, 3.05) is 39.3 Å². The molecule has 0 unspecified atom stereocenters. The molecule has 2 aliphatic rings. The normalized spacial score (nSPS) is 20.1. The number of piperidine rings is 2. The number of likely N-dealkylation sites (tertiary alicyclic amines) is 2. The van der Waals surface area contributed by atoms with Gasteiger partial charge in [0.25, 0.3) is 0 Å². The Morgan fingerprint density at radius 2 is 1.73 bits per heavy atom. The number of urea groups is 1. The van der Waals surface area contributed by atoms with Crippen LogP contribution in [0.1, 0.15) is 69.4 Å². The van der Waals surface area contributed by atoms with E-state index >= 15 is 0 Å². The molecule has 2 aromatic rings. The monoisotopic (exact) mass is 700 g/mol. The Labute approximate surface area is 294 Å². The molecule has 5 amide bonds. The van der Waals surface area contributed by atoms with Crippen LogP contribution in [0, 0.1) is 5.41 Å². The van der Waals surface area contributed by atoms with Crippen molar-refractivity contribution in [3.63, 3.8) is 0 Å². The molecule has 0 radical (unpaired) electrons. The second-order valence-electron chi connectivity index (χ2n) is 13.1. The molecule has 0 aromatic heterocycles. The average Bonchev–Trinajstić information content (AvgIpc) is 3.08. The smallest absolute Gasteiger partial charge is 0.315 e. The molecule has 3 atom stereocenters. The summed E-state index contributed by atoms with van der Waals surface area (Å²) in [5.74, 6) is -0.257. The zero-order valence-corrected chi connectivity index (χ0v) is 29.5. The number of unbranched alkanes of at least 4 members (excludes halogenated alkanes) is 2. The number of rotatable bonds is 14. The van der Waals surface area contributed by atoms with Crippen LogP contribution in [-0.2, 0) is 27.2 Å². The number of carbonyl (C=O) groups is 4. The van der Waals surface area contributed by atoms with Gasteiger partial charge in [-0.15, -0.1) is 0 Å². The van der Waals surface area contributed by atoms with Crippen LogP contribution in [0.3, 0.4) is 0 Å². The van der Waals surface area contributed by atoms with E-state index in [2.05, 4.69) is 16.0 Å². The highest BCUT2D eigenvalue weighted by Gasteiger charge is 2.44. The van der Waals surface area contributed by atoms with Gasteiger partial charge in [-0.2, -0.15) is 0 Å². The van der Waals surface area contributed by atoms with E-state index in [9.17, 15) is 19.2 Å². The van der Waals surface area contributed by atoms with E-state index in [-0.39, 0.29) is 36.7 Å². The molecule has 2 aromatic carbocycles. The number of hydrogen-bond donors (Lipinski definition) is 4. The molecule has 0 bridgehead atoms. The maximum Gasteiger partial charge on any atom is 0.315 e. The van der Waals surface area contributed by atoms with Gasteiger partial charge in [0.1, 0.15) is 6.04 Å². The van der Waals surface area contributed by atoms with Crippen LogP contribution >= 0.6 is 23.2 Å². The fraction of sp³-hybridized carbons (Fsp3) is 0.556. The van der Waals surface area contributed by atoms with Gasteiger partial charge in [0.05, 0.1) is 15.5 Å². The van der Waals surface area contributed by atoms with Gasteiger partial charge >= 0.3 is 6.03 Å². The minimum absolute atomic E-state index is 0.0751. The Hall–Kier alpha value is -3.34. The van der Waals surface area contributed by atoms with E-state index in [0.717, 1.165) is 43.2 Å². The maximum atomic E-state index is 14.3. The Bertz CT molecular complexity index is 1400. The summed E-state index contributed by atoms with van der Waals surface area (Å²) >= 11 is 12.5. The molecule has 2 saturated heterocycles. The third-order valence-corrected chi connectivity index (χ3v) is 10.1. The minimum Gasteiger partial charge on any atom is -0.356 e. The highest BCUT2D eigenvalue weighted by molar-refractivity contribution is 6.42. The number of nitrogens with zero attached hydrogens (tertiary/aromatic N) is 2. The summed E-state index contributed by atoms with van der Waals surface area (Å²) < 4.78 is 0. The number of halogens is 2.